The van der Waals surface area contributed by atoms with Crippen molar-refractivity contribution in [2.75, 3.05) is 18.5 Å². The number of aromatic nitrogens is 3. The SMILES string of the molecule is O=C(/C=C/c1ccc(Nc2nc(-c3ccccc3)nc(-c3ccc(O)cc3)n2)cc1)NCCCO. The summed E-state index contributed by atoms with van der Waals surface area (Å²) in [6, 6.07) is 23.8. The molecule has 0 bridgehead atoms. The van der Waals surface area contributed by atoms with Gasteiger partial charge in [0.25, 0.3) is 0 Å². The molecule has 0 atom stereocenters. The van der Waals surface area contributed by atoms with E-state index in [1.54, 1.807) is 30.3 Å². The zero-order chi connectivity index (χ0) is 24.5. The molecule has 4 aromatic rings. The fourth-order valence-electron chi connectivity index (χ4n) is 3.22. The normalized spacial score (nSPS) is 10.9. The number of carbonyl (C=O) groups excluding carboxylic acids is 1. The Morgan fingerprint density at radius 3 is 2.14 bits per heavy atom. The minimum absolute atomic E-state index is 0.0446. The van der Waals surface area contributed by atoms with E-state index in [1.807, 2.05) is 54.6 Å². The standard InChI is InChI=1S/C27H25N5O3/c33-18-4-17-28-24(35)16-9-19-7-12-22(13-8-19)29-27-31-25(20-5-2-1-3-6-20)30-26(32-27)21-10-14-23(34)15-11-21/h1-3,5-16,33-34H,4,17-18H2,(H,28,35)(H,29,30,31,32)/b16-9+. The number of rotatable bonds is 9. The van der Waals surface area contributed by atoms with Crippen molar-refractivity contribution in [2.45, 2.75) is 6.42 Å². The van der Waals surface area contributed by atoms with Crippen molar-refractivity contribution in [3.8, 4) is 28.5 Å². The third kappa shape index (κ3) is 6.72. The van der Waals surface area contributed by atoms with Crippen LogP contribution in [0.15, 0.2) is 84.9 Å². The second kappa shape index (κ2) is 11.5. The van der Waals surface area contributed by atoms with Crippen LogP contribution in [0.4, 0.5) is 11.6 Å². The highest BCUT2D eigenvalue weighted by Crippen LogP contribution is 2.24. The highest BCUT2D eigenvalue weighted by atomic mass is 16.3. The number of phenolic OH excluding ortho intramolecular Hbond substituents is 1. The number of anilines is 2. The van der Waals surface area contributed by atoms with Gasteiger partial charge in [-0.1, -0.05) is 42.5 Å². The maximum Gasteiger partial charge on any atom is 0.244 e. The van der Waals surface area contributed by atoms with Crippen LogP contribution in [0.5, 0.6) is 5.75 Å². The number of hydrogen-bond acceptors (Lipinski definition) is 7. The Balaban J connectivity index is 1.54. The van der Waals surface area contributed by atoms with Crippen LogP contribution in [0.2, 0.25) is 0 Å². The number of benzene rings is 3. The fourth-order valence-corrected chi connectivity index (χ4v) is 3.22. The van der Waals surface area contributed by atoms with E-state index < -0.39 is 0 Å². The number of carbonyl (C=O) groups is 1. The topological polar surface area (TPSA) is 120 Å². The smallest absolute Gasteiger partial charge is 0.244 e. The van der Waals surface area contributed by atoms with Gasteiger partial charge in [-0.25, -0.2) is 4.98 Å². The molecule has 0 aliphatic carbocycles. The van der Waals surface area contributed by atoms with E-state index in [0.29, 0.717) is 30.6 Å². The molecule has 4 N–H and O–H groups in total. The average Bonchev–Trinajstić information content (AvgIpc) is 2.89. The predicted octanol–water partition coefficient (Wildman–Crippen LogP) is 4.17. The molecule has 0 unspecified atom stereocenters. The summed E-state index contributed by atoms with van der Waals surface area (Å²) in [5.41, 5.74) is 3.24. The molecule has 1 heterocycles. The number of nitrogens with zero attached hydrogens (tertiary/aromatic N) is 3. The predicted molar refractivity (Wildman–Crippen MR) is 136 cm³/mol. The third-order valence-electron chi connectivity index (χ3n) is 5.02. The summed E-state index contributed by atoms with van der Waals surface area (Å²) >= 11 is 0. The first-order valence-electron chi connectivity index (χ1n) is 11.2. The second-order valence-corrected chi connectivity index (χ2v) is 7.67. The van der Waals surface area contributed by atoms with Gasteiger partial charge in [-0.3, -0.25) is 4.79 Å². The lowest BCUT2D eigenvalue weighted by atomic mass is 10.2. The molecule has 8 nitrogen and oxygen atoms in total. The van der Waals surface area contributed by atoms with Crippen molar-refractivity contribution in [3.05, 3.63) is 90.5 Å². The first-order valence-corrected chi connectivity index (χ1v) is 11.2. The Hall–Kier alpha value is -4.56. The van der Waals surface area contributed by atoms with Crippen LogP contribution in [-0.4, -0.2) is 44.2 Å². The largest absolute Gasteiger partial charge is 0.508 e. The summed E-state index contributed by atoms with van der Waals surface area (Å²) < 4.78 is 0. The Morgan fingerprint density at radius 2 is 1.49 bits per heavy atom. The minimum atomic E-state index is -0.207. The molecule has 176 valence electrons. The monoisotopic (exact) mass is 467 g/mol. The Bertz CT molecular complexity index is 1290. The molecule has 4 rings (SSSR count). The van der Waals surface area contributed by atoms with Gasteiger partial charge in [0.2, 0.25) is 11.9 Å². The van der Waals surface area contributed by atoms with Crippen LogP contribution in [-0.2, 0) is 4.79 Å². The lowest BCUT2D eigenvalue weighted by molar-refractivity contribution is -0.116. The molecule has 0 aliphatic rings. The number of amides is 1. The van der Waals surface area contributed by atoms with E-state index in [2.05, 4.69) is 25.6 Å². The van der Waals surface area contributed by atoms with Gasteiger partial charge in [-0.05, 0) is 54.5 Å². The van der Waals surface area contributed by atoms with Crippen LogP contribution in [0.3, 0.4) is 0 Å². The minimum Gasteiger partial charge on any atom is -0.508 e. The van der Waals surface area contributed by atoms with E-state index in [0.717, 1.165) is 22.4 Å². The van der Waals surface area contributed by atoms with Crippen LogP contribution in [0.1, 0.15) is 12.0 Å². The molecule has 8 heteroatoms. The molecule has 0 aliphatic heterocycles. The molecule has 1 aromatic heterocycles. The lowest BCUT2D eigenvalue weighted by Crippen LogP contribution is -2.22. The number of aliphatic hydroxyl groups excluding tert-OH is 1. The Labute approximate surface area is 203 Å². The summed E-state index contributed by atoms with van der Waals surface area (Å²) in [6.45, 7) is 0.481. The van der Waals surface area contributed by atoms with Gasteiger partial charge in [0, 0.05) is 36.0 Å². The van der Waals surface area contributed by atoms with E-state index in [9.17, 15) is 9.90 Å². The summed E-state index contributed by atoms with van der Waals surface area (Å²) in [6.07, 6.45) is 3.71. The van der Waals surface area contributed by atoms with Crippen molar-refractivity contribution in [3.63, 3.8) is 0 Å². The summed E-state index contributed by atoms with van der Waals surface area (Å²) in [5.74, 6) is 1.35. The molecule has 1 amide bonds. The van der Waals surface area contributed by atoms with Crippen molar-refractivity contribution in [2.24, 2.45) is 0 Å². The zero-order valence-corrected chi connectivity index (χ0v) is 18.9. The summed E-state index contributed by atoms with van der Waals surface area (Å²) in [4.78, 5) is 25.6. The Morgan fingerprint density at radius 1 is 0.829 bits per heavy atom. The van der Waals surface area contributed by atoms with Crippen molar-refractivity contribution in [1.82, 2.24) is 20.3 Å². The highest BCUT2D eigenvalue weighted by Gasteiger charge is 2.11. The Kier molecular flexibility index (Phi) is 7.77. The average molecular weight is 468 g/mol. The third-order valence-corrected chi connectivity index (χ3v) is 5.02. The summed E-state index contributed by atoms with van der Waals surface area (Å²) in [5, 5.41) is 24.3. The van der Waals surface area contributed by atoms with E-state index in [4.69, 9.17) is 5.11 Å². The van der Waals surface area contributed by atoms with Gasteiger partial charge in [-0.2, -0.15) is 9.97 Å². The summed E-state index contributed by atoms with van der Waals surface area (Å²) in [7, 11) is 0. The lowest BCUT2D eigenvalue weighted by Gasteiger charge is -2.10. The molecular weight excluding hydrogens is 442 g/mol. The van der Waals surface area contributed by atoms with Crippen molar-refractivity contribution < 1.29 is 15.0 Å². The molecule has 35 heavy (non-hydrogen) atoms. The molecule has 0 saturated heterocycles. The van der Waals surface area contributed by atoms with Crippen LogP contribution in [0, 0.1) is 0 Å². The van der Waals surface area contributed by atoms with Gasteiger partial charge in [0.05, 0.1) is 0 Å². The number of nitrogens with one attached hydrogen (secondary N) is 2. The second-order valence-electron chi connectivity index (χ2n) is 7.67. The van der Waals surface area contributed by atoms with Gasteiger partial charge >= 0.3 is 0 Å². The molecule has 0 spiro atoms. The maximum atomic E-state index is 11.8. The van der Waals surface area contributed by atoms with Crippen LogP contribution < -0.4 is 10.6 Å². The molecular formula is C27H25N5O3. The van der Waals surface area contributed by atoms with Gasteiger partial charge < -0.3 is 20.8 Å². The highest BCUT2D eigenvalue weighted by molar-refractivity contribution is 5.91. The quantitative estimate of drug-likeness (QED) is 0.215. The number of phenols is 1. The first kappa shape index (κ1) is 23.6. The van der Waals surface area contributed by atoms with E-state index >= 15 is 0 Å². The van der Waals surface area contributed by atoms with Crippen LogP contribution in [0.25, 0.3) is 28.9 Å². The van der Waals surface area contributed by atoms with Crippen molar-refractivity contribution >= 4 is 23.6 Å². The number of hydrogen-bond donors (Lipinski definition) is 4. The number of aliphatic hydroxyl groups is 1. The van der Waals surface area contributed by atoms with Crippen molar-refractivity contribution in [1.29, 1.82) is 0 Å². The van der Waals surface area contributed by atoms with Gasteiger partial charge in [-0.15, -0.1) is 0 Å². The fraction of sp³-hybridized carbons (Fsp3) is 0.111. The first-order chi connectivity index (χ1) is 17.1. The molecule has 0 radical (unpaired) electrons. The molecule has 0 fully saturated rings. The van der Waals surface area contributed by atoms with Gasteiger partial charge in [0.1, 0.15) is 5.75 Å². The molecule has 3 aromatic carbocycles. The van der Waals surface area contributed by atoms with E-state index in [1.165, 1.54) is 6.08 Å². The molecule has 0 saturated carbocycles. The van der Waals surface area contributed by atoms with Crippen LogP contribution >= 0.6 is 0 Å². The zero-order valence-electron chi connectivity index (χ0n) is 18.9. The van der Waals surface area contributed by atoms with E-state index in [-0.39, 0.29) is 18.3 Å². The number of aromatic hydroxyl groups is 1. The maximum absolute atomic E-state index is 11.8. The van der Waals surface area contributed by atoms with Gasteiger partial charge in [0.15, 0.2) is 11.6 Å².